The first-order valence-electron chi connectivity index (χ1n) is 12.1. The molecule has 3 heterocycles. The van der Waals surface area contributed by atoms with E-state index in [0.29, 0.717) is 36.1 Å². The van der Waals surface area contributed by atoms with Gasteiger partial charge in [0, 0.05) is 17.7 Å². The molecule has 0 saturated carbocycles. The molecule has 2 fully saturated rings. The first-order chi connectivity index (χ1) is 18.2. The number of carbonyl (C=O) groups excluding carboxylic acids is 5. The van der Waals surface area contributed by atoms with Gasteiger partial charge >= 0.3 is 12.1 Å². The second-order valence-corrected chi connectivity index (χ2v) is 9.79. The van der Waals surface area contributed by atoms with Crippen molar-refractivity contribution in [2.75, 3.05) is 13.7 Å². The van der Waals surface area contributed by atoms with Crippen molar-refractivity contribution in [3.63, 3.8) is 0 Å². The quantitative estimate of drug-likeness (QED) is 0.350. The van der Waals surface area contributed by atoms with Gasteiger partial charge in [-0.05, 0) is 60.2 Å². The van der Waals surface area contributed by atoms with E-state index in [-0.39, 0.29) is 24.9 Å². The number of benzene rings is 2. The molecular weight excluding hydrogens is 490 g/mol. The molecule has 1 unspecified atom stereocenters. The number of rotatable bonds is 3. The number of methoxy groups -OCH3 is 1. The van der Waals surface area contributed by atoms with Crippen LogP contribution in [0.4, 0.5) is 9.59 Å². The molecule has 2 saturated heterocycles. The minimum Gasteiger partial charge on any atom is -0.497 e. The third kappa shape index (κ3) is 3.56. The molecule has 2 aromatic rings. The second-order valence-electron chi connectivity index (χ2n) is 9.79. The number of hydrogen-bond acceptors (Lipinski definition) is 6. The Morgan fingerprint density at radius 3 is 2.45 bits per heavy atom. The number of nitrogens with zero attached hydrogens (tertiary/aromatic N) is 1. The molecule has 0 bridgehead atoms. The fourth-order valence-corrected chi connectivity index (χ4v) is 5.62. The van der Waals surface area contributed by atoms with Gasteiger partial charge in [-0.3, -0.25) is 25.0 Å². The molecule has 1 aliphatic carbocycles. The Bertz CT molecular complexity index is 1520. The van der Waals surface area contributed by atoms with Crippen LogP contribution in [0.3, 0.4) is 0 Å². The highest BCUT2D eigenvalue weighted by Crippen LogP contribution is 2.38. The highest BCUT2D eigenvalue weighted by molar-refractivity contribution is 6.10. The summed E-state index contributed by atoms with van der Waals surface area (Å²) in [6.07, 6.45) is 1.89. The summed E-state index contributed by atoms with van der Waals surface area (Å²) in [5, 5.41) is 9.92. The van der Waals surface area contributed by atoms with E-state index in [1.165, 1.54) is 12.0 Å². The van der Waals surface area contributed by atoms with Gasteiger partial charge in [-0.2, -0.15) is 0 Å². The topological polar surface area (TPSA) is 146 Å². The zero-order valence-electron chi connectivity index (χ0n) is 20.4. The maximum Gasteiger partial charge on any atom is 0.323 e. The van der Waals surface area contributed by atoms with Crippen molar-refractivity contribution < 1.29 is 28.7 Å². The van der Waals surface area contributed by atoms with E-state index in [1.807, 2.05) is 6.07 Å². The number of fused-ring (bicyclic) bond motifs is 3. The van der Waals surface area contributed by atoms with Gasteiger partial charge in [0.2, 0.25) is 5.54 Å². The molecule has 2 aromatic carbocycles. The average molecular weight is 514 g/mol. The molecule has 4 aliphatic rings. The van der Waals surface area contributed by atoms with Gasteiger partial charge in [0.1, 0.15) is 11.3 Å². The molecule has 192 valence electrons. The summed E-state index contributed by atoms with van der Waals surface area (Å²) >= 11 is 0. The first-order valence-corrected chi connectivity index (χ1v) is 12.1. The number of hydrogen-bond donors (Lipinski definition) is 4. The van der Waals surface area contributed by atoms with Crippen LogP contribution in [-0.4, -0.2) is 53.9 Å². The largest absolute Gasteiger partial charge is 0.497 e. The van der Waals surface area contributed by atoms with E-state index >= 15 is 0 Å². The van der Waals surface area contributed by atoms with E-state index in [0.717, 1.165) is 16.7 Å². The van der Waals surface area contributed by atoms with Gasteiger partial charge in [-0.15, -0.1) is 0 Å². The summed E-state index contributed by atoms with van der Waals surface area (Å²) in [4.78, 5) is 64.1. The van der Waals surface area contributed by atoms with Crippen molar-refractivity contribution in [3.05, 3.63) is 64.2 Å². The fourth-order valence-electron chi connectivity index (χ4n) is 5.62. The SMILES string of the molecule is COc1ccc2c(c1)C(=O)N(C[C@@]1(C#Cc3ccc4c(c3)CCCC43NC(=O)NC3=O)NC(=O)NC1=O)C2. The van der Waals surface area contributed by atoms with Gasteiger partial charge < -0.3 is 20.3 Å². The van der Waals surface area contributed by atoms with Crippen molar-refractivity contribution in [2.45, 2.75) is 36.9 Å². The maximum absolute atomic E-state index is 13.1. The predicted molar refractivity (Wildman–Crippen MR) is 132 cm³/mol. The van der Waals surface area contributed by atoms with E-state index in [9.17, 15) is 24.0 Å². The number of carbonyl (C=O) groups is 5. The van der Waals surface area contributed by atoms with Crippen LogP contribution in [0, 0.1) is 11.8 Å². The summed E-state index contributed by atoms with van der Waals surface area (Å²) in [6, 6.07) is 9.29. The summed E-state index contributed by atoms with van der Waals surface area (Å²) < 4.78 is 5.22. The van der Waals surface area contributed by atoms with E-state index < -0.39 is 29.0 Å². The molecule has 2 atom stereocenters. The van der Waals surface area contributed by atoms with Crippen LogP contribution in [0.2, 0.25) is 0 Å². The van der Waals surface area contributed by atoms with Gasteiger partial charge in [0.05, 0.1) is 13.7 Å². The third-order valence-electron chi connectivity index (χ3n) is 7.49. The predicted octanol–water partition coefficient (Wildman–Crippen LogP) is 0.652. The van der Waals surface area contributed by atoms with Crippen LogP contribution in [0.15, 0.2) is 36.4 Å². The van der Waals surface area contributed by atoms with Crippen molar-refractivity contribution in [1.29, 1.82) is 0 Å². The smallest absolute Gasteiger partial charge is 0.323 e. The van der Waals surface area contributed by atoms with Crippen molar-refractivity contribution in [3.8, 4) is 17.6 Å². The molecule has 4 N–H and O–H groups in total. The average Bonchev–Trinajstić information content (AvgIpc) is 3.47. The molecule has 3 aliphatic heterocycles. The molecule has 7 amide bonds. The fraction of sp³-hybridized carbons (Fsp3) is 0.296. The lowest BCUT2D eigenvalue weighted by Gasteiger charge is -2.33. The Labute approximate surface area is 217 Å². The van der Waals surface area contributed by atoms with Crippen LogP contribution >= 0.6 is 0 Å². The number of nitrogens with one attached hydrogen (secondary N) is 4. The Morgan fingerprint density at radius 1 is 0.947 bits per heavy atom. The molecule has 11 heteroatoms. The lowest BCUT2D eigenvalue weighted by Crippen LogP contribution is -2.54. The minimum absolute atomic E-state index is 0.145. The Morgan fingerprint density at radius 2 is 1.74 bits per heavy atom. The lowest BCUT2D eigenvalue weighted by atomic mass is 9.76. The molecule has 1 spiro atoms. The van der Waals surface area contributed by atoms with Crippen molar-refractivity contribution >= 4 is 29.8 Å². The number of imide groups is 2. The standard InChI is InChI=1S/C27H23N5O6/c1-38-18-6-5-17-13-32(21(33)19(17)12-18)14-26(22(34)28-24(36)30-26)10-8-15-4-7-20-16(11-15)3-2-9-27(20)23(35)29-25(37)31-27/h4-7,11-12H,2-3,9,13-14H2,1H3,(H2,28,30,34,36)(H2,29,31,35,37)/t26-,27?/m1/s1. The van der Waals surface area contributed by atoms with Crippen molar-refractivity contribution in [2.24, 2.45) is 0 Å². The third-order valence-corrected chi connectivity index (χ3v) is 7.49. The molecule has 38 heavy (non-hydrogen) atoms. The van der Waals surface area contributed by atoms with Gasteiger partial charge in [-0.1, -0.05) is 24.0 Å². The monoisotopic (exact) mass is 513 g/mol. The normalized spacial score (nSPS) is 25.2. The van der Waals surface area contributed by atoms with Crippen LogP contribution in [0.1, 0.15) is 45.5 Å². The van der Waals surface area contributed by atoms with Gasteiger partial charge in [-0.25, -0.2) is 9.59 Å². The Hall–Kier alpha value is -4.85. The van der Waals surface area contributed by atoms with Gasteiger partial charge in [0.25, 0.3) is 17.7 Å². The maximum atomic E-state index is 13.1. The highest BCUT2D eigenvalue weighted by Gasteiger charge is 2.50. The summed E-state index contributed by atoms with van der Waals surface area (Å²) in [5.41, 5.74) is 0.683. The summed E-state index contributed by atoms with van der Waals surface area (Å²) in [5.74, 6) is 5.14. The molecule has 11 nitrogen and oxygen atoms in total. The summed E-state index contributed by atoms with van der Waals surface area (Å²) in [6.45, 7) is 0.118. The number of ether oxygens (including phenoxy) is 1. The lowest BCUT2D eigenvalue weighted by molar-refractivity contribution is -0.125. The van der Waals surface area contributed by atoms with Crippen LogP contribution in [0.25, 0.3) is 0 Å². The highest BCUT2D eigenvalue weighted by atomic mass is 16.5. The zero-order valence-corrected chi connectivity index (χ0v) is 20.4. The van der Waals surface area contributed by atoms with Gasteiger partial charge in [0.15, 0.2) is 0 Å². The van der Waals surface area contributed by atoms with Crippen LogP contribution < -0.4 is 26.0 Å². The zero-order chi connectivity index (χ0) is 26.7. The summed E-state index contributed by atoms with van der Waals surface area (Å²) in [7, 11) is 1.51. The molecule has 6 rings (SSSR count). The van der Waals surface area contributed by atoms with Crippen LogP contribution in [-0.2, 0) is 28.1 Å². The molecule has 0 aromatic heterocycles. The Balaban J connectivity index is 1.31. The second kappa shape index (κ2) is 8.34. The molecular formula is C27H23N5O6. The number of urea groups is 2. The number of aryl methyl sites for hydroxylation is 1. The Kier molecular flexibility index (Phi) is 5.17. The van der Waals surface area contributed by atoms with Crippen molar-refractivity contribution in [1.82, 2.24) is 26.2 Å². The number of amides is 7. The first kappa shape index (κ1) is 23.5. The van der Waals surface area contributed by atoms with E-state index in [4.69, 9.17) is 4.74 Å². The molecule has 0 radical (unpaired) electrons. The van der Waals surface area contributed by atoms with Crippen LogP contribution in [0.5, 0.6) is 5.75 Å². The minimum atomic E-state index is -1.64. The van der Waals surface area contributed by atoms with E-state index in [2.05, 4.69) is 33.1 Å². The van der Waals surface area contributed by atoms with E-state index in [1.54, 1.807) is 30.3 Å².